The Morgan fingerprint density at radius 3 is 2.22 bits per heavy atom. The third-order valence-electron chi connectivity index (χ3n) is 1.66. The molecule has 9 heavy (non-hydrogen) atoms. The molecule has 0 saturated carbocycles. The molecule has 0 aromatic rings. The van der Waals surface area contributed by atoms with Crippen LogP contribution in [-0.4, -0.2) is 17.0 Å². The van der Waals surface area contributed by atoms with Crippen molar-refractivity contribution in [3.05, 3.63) is 0 Å². The molecule has 1 N–H and O–H groups in total. The van der Waals surface area contributed by atoms with E-state index in [0.717, 1.165) is 6.29 Å². The lowest BCUT2D eigenvalue weighted by Crippen LogP contribution is -2.28. The summed E-state index contributed by atoms with van der Waals surface area (Å²) >= 11 is 0. The Bertz CT molecular complexity index is 91.6. The maximum atomic E-state index is 9.95. The van der Waals surface area contributed by atoms with Gasteiger partial charge >= 0.3 is 0 Å². The van der Waals surface area contributed by atoms with Crippen molar-refractivity contribution >= 4 is 6.29 Å². The Balaban J connectivity index is 3.72. The molecule has 0 aliphatic heterocycles. The van der Waals surface area contributed by atoms with E-state index in [1.807, 2.05) is 6.92 Å². The largest absolute Gasteiger partial charge is 0.390 e. The van der Waals surface area contributed by atoms with Crippen molar-refractivity contribution in [1.82, 2.24) is 0 Å². The summed E-state index contributed by atoms with van der Waals surface area (Å²) in [6.07, 6.45) is 1.27. The van der Waals surface area contributed by atoms with Gasteiger partial charge in [-0.15, -0.1) is 0 Å². The first-order valence-electron chi connectivity index (χ1n) is 3.14. The molecular weight excluding hydrogens is 116 g/mol. The van der Waals surface area contributed by atoms with Gasteiger partial charge in [-0.25, -0.2) is 0 Å². The van der Waals surface area contributed by atoms with Crippen molar-refractivity contribution in [2.75, 3.05) is 0 Å². The van der Waals surface area contributed by atoms with Crippen LogP contribution in [0.4, 0.5) is 0 Å². The smallest absolute Gasteiger partial charge is 0.120 e. The fourth-order valence-corrected chi connectivity index (χ4v) is 0.433. The fourth-order valence-electron chi connectivity index (χ4n) is 0.433. The lowest BCUT2D eigenvalue weighted by atomic mass is 9.91. The highest BCUT2D eigenvalue weighted by Crippen LogP contribution is 2.17. The van der Waals surface area contributed by atoms with Crippen LogP contribution >= 0.6 is 0 Å². The summed E-state index contributed by atoms with van der Waals surface area (Å²) in [5, 5.41) is 9.26. The van der Waals surface area contributed by atoms with Gasteiger partial charge in [0, 0.05) is 6.42 Å². The summed E-state index contributed by atoms with van der Waals surface area (Å²) in [5.74, 6) is 0.0509. The second kappa shape index (κ2) is 2.97. The van der Waals surface area contributed by atoms with Crippen LogP contribution in [0.15, 0.2) is 0 Å². The van der Waals surface area contributed by atoms with Gasteiger partial charge in [0.1, 0.15) is 6.29 Å². The zero-order valence-electron chi connectivity index (χ0n) is 6.22. The van der Waals surface area contributed by atoms with E-state index in [-0.39, 0.29) is 5.92 Å². The molecule has 0 bridgehead atoms. The molecule has 0 heterocycles. The first-order chi connectivity index (χ1) is 3.98. The van der Waals surface area contributed by atoms with Crippen molar-refractivity contribution in [2.45, 2.75) is 32.8 Å². The Labute approximate surface area is 55.9 Å². The van der Waals surface area contributed by atoms with Crippen LogP contribution in [0.1, 0.15) is 27.2 Å². The topological polar surface area (TPSA) is 37.3 Å². The molecule has 2 nitrogen and oxygen atoms in total. The predicted octanol–water partition coefficient (Wildman–Crippen LogP) is 0.982. The Morgan fingerprint density at radius 1 is 1.67 bits per heavy atom. The van der Waals surface area contributed by atoms with Gasteiger partial charge in [-0.2, -0.15) is 0 Å². The monoisotopic (exact) mass is 130 g/mol. The quantitative estimate of drug-likeness (QED) is 0.578. The Kier molecular flexibility index (Phi) is 2.85. The second-order valence-corrected chi connectivity index (χ2v) is 2.96. The molecule has 1 atom stereocenters. The van der Waals surface area contributed by atoms with Gasteiger partial charge in [0.15, 0.2) is 0 Å². The van der Waals surface area contributed by atoms with Crippen LogP contribution in [0.25, 0.3) is 0 Å². The van der Waals surface area contributed by atoms with Gasteiger partial charge in [-0.3, -0.25) is 0 Å². The molecule has 2 heteroatoms. The van der Waals surface area contributed by atoms with Crippen LogP contribution in [-0.2, 0) is 4.79 Å². The molecule has 0 aromatic heterocycles. The van der Waals surface area contributed by atoms with Crippen molar-refractivity contribution in [2.24, 2.45) is 5.92 Å². The zero-order valence-corrected chi connectivity index (χ0v) is 6.22. The van der Waals surface area contributed by atoms with E-state index in [0.29, 0.717) is 6.42 Å². The highest BCUT2D eigenvalue weighted by molar-refractivity contribution is 5.49. The summed E-state index contributed by atoms with van der Waals surface area (Å²) in [5.41, 5.74) is -0.721. The summed E-state index contributed by atoms with van der Waals surface area (Å²) in [6.45, 7) is 5.27. The average molecular weight is 130 g/mol. The lowest BCUT2D eigenvalue weighted by Gasteiger charge is -2.23. The molecule has 0 rings (SSSR count). The molecule has 0 fully saturated rings. The Morgan fingerprint density at radius 2 is 2.11 bits per heavy atom. The molecule has 0 radical (unpaired) electrons. The number of hydrogen-bond acceptors (Lipinski definition) is 2. The number of aliphatic hydroxyl groups is 1. The van der Waals surface area contributed by atoms with Crippen molar-refractivity contribution in [3.8, 4) is 0 Å². The van der Waals surface area contributed by atoms with Gasteiger partial charge in [0.2, 0.25) is 0 Å². The van der Waals surface area contributed by atoms with Crippen LogP contribution < -0.4 is 0 Å². The minimum Gasteiger partial charge on any atom is -0.390 e. The van der Waals surface area contributed by atoms with Crippen molar-refractivity contribution in [1.29, 1.82) is 0 Å². The molecule has 0 aliphatic carbocycles. The fraction of sp³-hybridized carbons (Fsp3) is 0.857. The van der Waals surface area contributed by atoms with Crippen LogP contribution in [0.5, 0.6) is 0 Å². The minimum absolute atomic E-state index is 0.0509. The van der Waals surface area contributed by atoms with E-state index in [1.165, 1.54) is 0 Å². The van der Waals surface area contributed by atoms with Crippen molar-refractivity contribution in [3.63, 3.8) is 0 Å². The first-order valence-corrected chi connectivity index (χ1v) is 3.14. The second-order valence-electron chi connectivity index (χ2n) is 2.96. The molecule has 0 aliphatic rings. The van der Waals surface area contributed by atoms with Gasteiger partial charge in [0.25, 0.3) is 0 Å². The van der Waals surface area contributed by atoms with E-state index in [2.05, 4.69) is 0 Å². The standard InChI is InChI=1S/C7H14O2/c1-6(4-5-8)7(2,3)9/h5-6,9H,4H2,1-3H3. The summed E-state index contributed by atoms with van der Waals surface area (Å²) in [6, 6.07) is 0. The molecule has 0 aromatic carbocycles. The van der Waals surface area contributed by atoms with E-state index >= 15 is 0 Å². The minimum atomic E-state index is -0.721. The highest BCUT2D eigenvalue weighted by Gasteiger charge is 2.20. The number of rotatable bonds is 3. The third kappa shape index (κ3) is 3.25. The lowest BCUT2D eigenvalue weighted by molar-refractivity contribution is -0.110. The van der Waals surface area contributed by atoms with E-state index in [9.17, 15) is 9.90 Å². The molecule has 1 unspecified atom stereocenters. The summed E-state index contributed by atoms with van der Waals surface area (Å²) in [4.78, 5) is 9.95. The maximum Gasteiger partial charge on any atom is 0.120 e. The number of aldehydes is 1. The normalized spacial score (nSPS) is 15.1. The van der Waals surface area contributed by atoms with E-state index < -0.39 is 5.60 Å². The molecule has 0 amide bonds. The zero-order chi connectivity index (χ0) is 7.49. The third-order valence-corrected chi connectivity index (χ3v) is 1.66. The molecular formula is C7H14O2. The van der Waals surface area contributed by atoms with Crippen LogP contribution in [0, 0.1) is 5.92 Å². The number of hydrogen-bond donors (Lipinski definition) is 1. The molecule has 54 valence electrons. The average Bonchev–Trinajstić information content (AvgIpc) is 1.64. The van der Waals surface area contributed by atoms with E-state index in [1.54, 1.807) is 13.8 Å². The highest BCUT2D eigenvalue weighted by atomic mass is 16.3. The summed E-state index contributed by atoms with van der Waals surface area (Å²) < 4.78 is 0. The molecule has 0 spiro atoms. The summed E-state index contributed by atoms with van der Waals surface area (Å²) in [7, 11) is 0. The van der Waals surface area contributed by atoms with Crippen LogP contribution in [0.2, 0.25) is 0 Å². The SMILES string of the molecule is CC(CC=O)C(C)(C)O. The van der Waals surface area contributed by atoms with Gasteiger partial charge in [-0.1, -0.05) is 6.92 Å². The molecule has 0 saturated heterocycles. The number of carbonyl (C=O) groups excluding carboxylic acids is 1. The van der Waals surface area contributed by atoms with Crippen LogP contribution in [0.3, 0.4) is 0 Å². The Hall–Kier alpha value is -0.370. The maximum absolute atomic E-state index is 9.95. The van der Waals surface area contributed by atoms with Gasteiger partial charge in [-0.05, 0) is 19.8 Å². The predicted molar refractivity (Wildman–Crippen MR) is 36.1 cm³/mol. The van der Waals surface area contributed by atoms with Gasteiger partial charge < -0.3 is 9.90 Å². The van der Waals surface area contributed by atoms with Gasteiger partial charge in [0.05, 0.1) is 5.60 Å². The number of carbonyl (C=O) groups is 1. The van der Waals surface area contributed by atoms with Crippen molar-refractivity contribution < 1.29 is 9.90 Å². The first kappa shape index (κ1) is 8.63. The van der Waals surface area contributed by atoms with E-state index in [4.69, 9.17) is 0 Å².